The lowest BCUT2D eigenvalue weighted by Crippen LogP contribution is -2.41. The Morgan fingerprint density at radius 3 is 1.95 bits per heavy atom. The molecule has 1 rings (SSSR count). The van der Waals surface area contributed by atoms with Crippen LogP contribution in [0.3, 0.4) is 0 Å². The van der Waals surface area contributed by atoms with Gasteiger partial charge in [0.15, 0.2) is 0 Å². The van der Waals surface area contributed by atoms with Gasteiger partial charge in [0.25, 0.3) is 0 Å². The van der Waals surface area contributed by atoms with Crippen LogP contribution in [0.5, 0.6) is 0 Å². The fourth-order valence-electron chi connectivity index (χ4n) is 1.92. The highest BCUT2D eigenvalue weighted by Crippen LogP contribution is 2.39. The summed E-state index contributed by atoms with van der Waals surface area (Å²) >= 11 is 0. The van der Waals surface area contributed by atoms with Crippen LogP contribution in [0.1, 0.15) is 61.8 Å². The molecule has 0 radical (unpaired) electrons. The van der Waals surface area contributed by atoms with E-state index < -0.39 is 18.3 Å². The number of allylic oxidation sites excluding steroid dienone is 3. The lowest BCUT2D eigenvalue weighted by Gasteiger charge is -2.32. The molecular weight excluding hydrogens is 254 g/mol. The molecule has 1 saturated heterocycles. The Bertz CT molecular complexity index is 402. The molecule has 2 nitrogen and oxygen atoms in total. The summed E-state index contributed by atoms with van der Waals surface area (Å²) in [5.74, 6) is 0. The molecule has 0 unspecified atom stereocenters. The van der Waals surface area contributed by atoms with Crippen LogP contribution in [-0.4, -0.2) is 18.3 Å². The summed E-state index contributed by atoms with van der Waals surface area (Å²) in [6, 6.07) is 0. The van der Waals surface area contributed by atoms with Crippen molar-refractivity contribution in [2.24, 2.45) is 5.41 Å². The number of rotatable bonds is 4. The molecule has 0 atom stereocenters. The average molecular weight is 282 g/mol. The second-order valence-electron chi connectivity index (χ2n) is 7.59. The van der Waals surface area contributed by atoms with Crippen LogP contribution in [0.25, 0.3) is 0 Å². The monoisotopic (exact) mass is 282 g/mol. The van der Waals surface area contributed by atoms with Crippen molar-refractivity contribution in [3.05, 3.63) is 23.5 Å². The zero-order valence-electron chi connectivity index (χ0n) is 14.1. The van der Waals surface area contributed by atoms with Crippen LogP contribution < -0.4 is 0 Å². The first-order valence-corrected chi connectivity index (χ1v) is 7.24. The standard InChI is InChI=1S/C16H28BFO2/c1-12(2)9-10-14(3,4)11-13(18)17-19-15(5,6)16(7,8)20-17/h9,11H,10H2,1-8H3. The van der Waals surface area contributed by atoms with E-state index in [2.05, 4.69) is 6.08 Å². The van der Waals surface area contributed by atoms with Crippen LogP contribution in [0.15, 0.2) is 23.5 Å². The van der Waals surface area contributed by atoms with E-state index in [0.29, 0.717) is 0 Å². The maximum Gasteiger partial charge on any atom is 0.524 e. The van der Waals surface area contributed by atoms with Gasteiger partial charge in [-0.3, -0.25) is 0 Å². The summed E-state index contributed by atoms with van der Waals surface area (Å²) < 4.78 is 25.8. The number of hydrogen-bond acceptors (Lipinski definition) is 2. The van der Waals surface area contributed by atoms with Gasteiger partial charge in [-0.1, -0.05) is 31.6 Å². The SMILES string of the molecule is CC(C)=CCC(C)(C)C=C(F)B1OC(C)(C)C(C)(C)O1. The van der Waals surface area contributed by atoms with Crippen molar-refractivity contribution < 1.29 is 13.7 Å². The van der Waals surface area contributed by atoms with E-state index in [-0.39, 0.29) is 11.1 Å². The topological polar surface area (TPSA) is 18.5 Å². The molecule has 1 aliphatic heterocycles. The highest BCUT2D eigenvalue weighted by atomic mass is 19.1. The average Bonchev–Trinajstić information content (AvgIpc) is 2.45. The van der Waals surface area contributed by atoms with E-state index in [9.17, 15) is 4.39 Å². The molecule has 0 aliphatic carbocycles. The molecule has 0 aromatic carbocycles. The van der Waals surface area contributed by atoms with E-state index in [4.69, 9.17) is 9.31 Å². The first kappa shape index (κ1) is 17.4. The van der Waals surface area contributed by atoms with Crippen LogP contribution in [0.4, 0.5) is 4.39 Å². The van der Waals surface area contributed by atoms with Crippen molar-refractivity contribution in [3.8, 4) is 0 Å². The summed E-state index contributed by atoms with van der Waals surface area (Å²) in [5.41, 5.74) is -0.372. The Morgan fingerprint density at radius 1 is 1.10 bits per heavy atom. The molecule has 0 saturated carbocycles. The third kappa shape index (κ3) is 4.19. The summed E-state index contributed by atoms with van der Waals surface area (Å²) in [6.07, 6.45) is 4.53. The minimum atomic E-state index is -0.897. The fourth-order valence-corrected chi connectivity index (χ4v) is 1.92. The molecule has 20 heavy (non-hydrogen) atoms. The second-order valence-corrected chi connectivity index (χ2v) is 7.59. The van der Waals surface area contributed by atoms with Gasteiger partial charge >= 0.3 is 7.12 Å². The second kappa shape index (κ2) is 5.65. The highest BCUT2D eigenvalue weighted by molar-refractivity contribution is 6.53. The minimum absolute atomic E-state index is 0.259. The van der Waals surface area contributed by atoms with Gasteiger partial charge in [-0.05, 0) is 53.4 Å². The van der Waals surface area contributed by atoms with Crippen molar-refractivity contribution >= 4 is 7.12 Å². The third-order valence-electron chi connectivity index (χ3n) is 4.04. The van der Waals surface area contributed by atoms with Gasteiger partial charge < -0.3 is 9.31 Å². The zero-order valence-corrected chi connectivity index (χ0v) is 14.1. The van der Waals surface area contributed by atoms with E-state index >= 15 is 0 Å². The molecule has 1 aliphatic rings. The molecule has 0 aromatic heterocycles. The molecule has 0 bridgehead atoms. The van der Waals surface area contributed by atoms with Crippen molar-refractivity contribution in [1.82, 2.24) is 0 Å². The van der Waals surface area contributed by atoms with Gasteiger partial charge in [-0.2, -0.15) is 0 Å². The van der Waals surface area contributed by atoms with E-state index in [0.717, 1.165) is 6.42 Å². The van der Waals surface area contributed by atoms with Crippen molar-refractivity contribution in [3.63, 3.8) is 0 Å². The van der Waals surface area contributed by atoms with Gasteiger partial charge in [-0.25, -0.2) is 4.39 Å². The Kier molecular flexibility index (Phi) is 4.93. The predicted molar refractivity (Wildman–Crippen MR) is 83.1 cm³/mol. The van der Waals surface area contributed by atoms with Crippen LogP contribution in [-0.2, 0) is 9.31 Å². The Morgan fingerprint density at radius 2 is 1.55 bits per heavy atom. The number of halogens is 1. The molecule has 0 N–H and O–H groups in total. The van der Waals surface area contributed by atoms with Crippen LogP contribution in [0, 0.1) is 5.41 Å². The van der Waals surface area contributed by atoms with Crippen molar-refractivity contribution in [1.29, 1.82) is 0 Å². The Balaban J connectivity index is 2.83. The first-order valence-electron chi connectivity index (χ1n) is 7.24. The third-order valence-corrected chi connectivity index (χ3v) is 4.04. The molecular formula is C16H28BFO2. The first-order chi connectivity index (χ1) is 8.86. The summed E-state index contributed by atoms with van der Waals surface area (Å²) in [7, 11) is -0.897. The molecule has 114 valence electrons. The lowest BCUT2D eigenvalue weighted by atomic mass is 9.80. The fraction of sp³-hybridized carbons (Fsp3) is 0.750. The van der Waals surface area contributed by atoms with Crippen molar-refractivity contribution in [2.75, 3.05) is 0 Å². The molecule has 0 aromatic rings. The Hall–Kier alpha value is -0.605. The van der Waals surface area contributed by atoms with Gasteiger partial charge in [-0.15, -0.1) is 0 Å². The van der Waals surface area contributed by atoms with Crippen LogP contribution in [0.2, 0.25) is 0 Å². The molecule has 0 spiro atoms. The van der Waals surface area contributed by atoms with Gasteiger partial charge in [0, 0.05) is 0 Å². The quantitative estimate of drug-likeness (QED) is 0.542. The van der Waals surface area contributed by atoms with Gasteiger partial charge in [0.05, 0.1) is 11.2 Å². The molecule has 4 heteroatoms. The largest absolute Gasteiger partial charge is 0.524 e. The van der Waals surface area contributed by atoms with E-state index in [1.54, 1.807) is 6.08 Å². The summed E-state index contributed by atoms with van der Waals surface area (Å²) in [4.78, 5) is 0. The van der Waals surface area contributed by atoms with E-state index in [1.165, 1.54) is 5.57 Å². The van der Waals surface area contributed by atoms with Crippen molar-refractivity contribution in [2.45, 2.75) is 73.0 Å². The normalized spacial score (nSPS) is 22.1. The van der Waals surface area contributed by atoms with Crippen LogP contribution >= 0.6 is 0 Å². The van der Waals surface area contributed by atoms with Gasteiger partial charge in [0.2, 0.25) is 0 Å². The molecule has 1 heterocycles. The summed E-state index contributed by atoms with van der Waals surface area (Å²) in [6.45, 7) is 15.8. The predicted octanol–water partition coefficient (Wildman–Crippen LogP) is 4.85. The Labute approximate surface area is 123 Å². The lowest BCUT2D eigenvalue weighted by molar-refractivity contribution is 0.00578. The van der Waals surface area contributed by atoms with Gasteiger partial charge in [0.1, 0.15) is 5.73 Å². The minimum Gasteiger partial charge on any atom is -0.398 e. The summed E-state index contributed by atoms with van der Waals surface area (Å²) in [5, 5.41) is 0. The smallest absolute Gasteiger partial charge is 0.398 e. The number of hydrogen-bond donors (Lipinski definition) is 0. The zero-order chi connectivity index (χ0) is 15.8. The van der Waals surface area contributed by atoms with E-state index in [1.807, 2.05) is 55.4 Å². The molecule has 0 amide bonds. The maximum atomic E-state index is 14.4. The maximum absolute atomic E-state index is 14.4. The molecule has 1 fully saturated rings. The highest BCUT2D eigenvalue weighted by Gasteiger charge is 2.53.